The zero-order valence-corrected chi connectivity index (χ0v) is 20.7. The minimum atomic E-state index is -0.730. The van der Waals surface area contributed by atoms with Gasteiger partial charge in [0.1, 0.15) is 12.0 Å². The second-order valence-electron chi connectivity index (χ2n) is 8.50. The summed E-state index contributed by atoms with van der Waals surface area (Å²) < 4.78 is 13.6. The Bertz CT molecular complexity index is 1610. The van der Waals surface area contributed by atoms with Crippen LogP contribution in [0.5, 0.6) is 0 Å². The summed E-state index contributed by atoms with van der Waals surface area (Å²) in [6.07, 6.45) is 5.43. The molecule has 1 aliphatic rings. The first-order chi connectivity index (χ1) is 17.7. The molecular weight excluding hydrogens is 473 g/mol. The van der Waals surface area contributed by atoms with Crippen LogP contribution in [0.3, 0.4) is 0 Å². The predicted octanol–water partition coefficient (Wildman–Crippen LogP) is 2.01. The molecule has 190 valence electrons. The van der Waals surface area contributed by atoms with Gasteiger partial charge in [-0.2, -0.15) is 4.39 Å². The number of pyridine rings is 1. The molecule has 3 heterocycles. The number of nitrogens with zero attached hydrogens (tertiary/aromatic N) is 3. The maximum atomic E-state index is 13.6. The summed E-state index contributed by atoms with van der Waals surface area (Å²) in [7, 11) is 0. The molecule has 11 heteroatoms. The number of nitrogens with one attached hydrogen (secondary N) is 4. The van der Waals surface area contributed by atoms with E-state index in [2.05, 4.69) is 30.6 Å². The highest BCUT2D eigenvalue weighted by molar-refractivity contribution is 6.17. The number of primary amides is 1. The van der Waals surface area contributed by atoms with Crippen LogP contribution in [0.2, 0.25) is 0 Å². The van der Waals surface area contributed by atoms with Crippen molar-refractivity contribution in [3.05, 3.63) is 64.3 Å². The summed E-state index contributed by atoms with van der Waals surface area (Å²) in [5.41, 5.74) is 15.7. The second-order valence-corrected chi connectivity index (χ2v) is 8.50. The quantitative estimate of drug-likeness (QED) is 0.165. The third-order valence-electron chi connectivity index (χ3n) is 6.10. The molecule has 8 N–H and O–H groups in total. The van der Waals surface area contributed by atoms with E-state index in [1.807, 2.05) is 13.8 Å². The summed E-state index contributed by atoms with van der Waals surface area (Å²) in [6.45, 7) is 5.68. The number of carbonyl (C=O) groups is 1. The van der Waals surface area contributed by atoms with Crippen molar-refractivity contribution >= 4 is 57.7 Å². The number of carbonyl (C=O) groups excluding carboxylic acids is 1. The van der Waals surface area contributed by atoms with Gasteiger partial charge in [-0.05, 0) is 44.5 Å². The van der Waals surface area contributed by atoms with E-state index in [-0.39, 0.29) is 5.70 Å². The van der Waals surface area contributed by atoms with E-state index in [1.54, 1.807) is 37.4 Å². The molecule has 0 aliphatic carbocycles. The first kappa shape index (κ1) is 25.3. The molecule has 1 atom stereocenters. The lowest BCUT2D eigenvalue weighted by Crippen LogP contribution is -2.38. The third kappa shape index (κ3) is 4.96. The number of nitrogen functional groups attached to an aromatic ring is 1. The van der Waals surface area contributed by atoms with Crippen LogP contribution in [0.4, 0.5) is 15.9 Å². The number of halogens is 1. The summed E-state index contributed by atoms with van der Waals surface area (Å²) >= 11 is 0. The molecule has 1 amide bonds. The van der Waals surface area contributed by atoms with Crippen LogP contribution in [0, 0.1) is 5.41 Å². The van der Waals surface area contributed by atoms with Crippen molar-refractivity contribution < 1.29 is 9.18 Å². The van der Waals surface area contributed by atoms with Crippen molar-refractivity contribution in [2.75, 3.05) is 11.1 Å². The lowest BCUT2D eigenvalue weighted by atomic mass is 10.0. The normalized spacial score (nSPS) is 17.1. The molecule has 3 aromatic rings. The van der Waals surface area contributed by atoms with Gasteiger partial charge in [-0.1, -0.05) is 12.5 Å². The molecule has 0 spiro atoms. The number of nitrogens with two attached hydrogens (primary N) is 2. The first-order valence-electron chi connectivity index (χ1n) is 11.6. The van der Waals surface area contributed by atoms with Crippen molar-refractivity contribution in [1.82, 2.24) is 15.3 Å². The molecule has 1 unspecified atom stereocenters. The van der Waals surface area contributed by atoms with Gasteiger partial charge in [0.25, 0.3) is 5.91 Å². The molecule has 0 bridgehead atoms. The molecule has 1 aromatic carbocycles. The van der Waals surface area contributed by atoms with Gasteiger partial charge < -0.3 is 32.5 Å². The lowest BCUT2D eigenvalue weighted by Gasteiger charge is -2.20. The molecule has 4 rings (SSSR count). The number of aromatic nitrogens is 2. The Labute approximate surface area is 212 Å². The third-order valence-corrected chi connectivity index (χ3v) is 6.10. The molecule has 1 aliphatic heterocycles. The fraction of sp³-hybridized carbons (Fsp3) is 0.192. The van der Waals surface area contributed by atoms with Crippen LogP contribution in [-0.2, 0) is 4.79 Å². The Morgan fingerprint density at radius 1 is 1.32 bits per heavy atom. The van der Waals surface area contributed by atoms with Crippen molar-refractivity contribution in [3.63, 3.8) is 0 Å². The summed E-state index contributed by atoms with van der Waals surface area (Å²) in [4.78, 5) is 28.9. The Morgan fingerprint density at radius 3 is 2.78 bits per heavy atom. The SMILES string of the molecule is CC/C(C)=c1/c(=C(\N=C(C)c2cccnc2NC2C=NC=C(F)N2)C(N)=O)[nH]c2ccc(N)c(C=N)c12. The highest BCUT2D eigenvalue weighted by Gasteiger charge is 2.18. The van der Waals surface area contributed by atoms with Crippen LogP contribution in [0.25, 0.3) is 22.2 Å². The molecule has 2 aromatic heterocycles. The minimum absolute atomic E-state index is 0.0205. The average molecular weight is 502 g/mol. The number of benzene rings is 1. The van der Waals surface area contributed by atoms with Gasteiger partial charge in [0, 0.05) is 57.3 Å². The van der Waals surface area contributed by atoms with E-state index in [4.69, 9.17) is 16.9 Å². The van der Waals surface area contributed by atoms with Gasteiger partial charge in [0.2, 0.25) is 5.95 Å². The Hall–Kier alpha value is -4.80. The first-order valence-corrected chi connectivity index (χ1v) is 11.6. The Balaban J connectivity index is 1.95. The van der Waals surface area contributed by atoms with Crippen molar-refractivity contribution in [1.29, 1.82) is 5.41 Å². The predicted molar refractivity (Wildman–Crippen MR) is 146 cm³/mol. The van der Waals surface area contributed by atoms with E-state index in [1.165, 1.54) is 12.4 Å². The molecule has 0 saturated carbocycles. The highest BCUT2D eigenvalue weighted by atomic mass is 19.1. The topological polar surface area (TPSA) is 170 Å². The molecule has 0 radical (unpaired) electrons. The number of aromatic amines is 1. The van der Waals surface area contributed by atoms with Gasteiger partial charge in [-0.3, -0.25) is 9.79 Å². The van der Waals surface area contributed by atoms with Crippen LogP contribution in [-0.4, -0.2) is 40.2 Å². The number of hydrogen-bond acceptors (Lipinski definition) is 8. The molecular formula is C26H28FN9O. The number of anilines is 2. The number of fused-ring (bicyclic) bond motifs is 1. The van der Waals surface area contributed by atoms with Crippen LogP contribution >= 0.6 is 0 Å². The zero-order valence-electron chi connectivity index (χ0n) is 20.7. The van der Waals surface area contributed by atoms with Gasteiger partial charge >= 0.3 is 0 Å². The summed E-state index contributed by atoms with van der Waals surface area (Å²) in [5.74, 6) is -0.892. The number of rotatable bonds is 7. The standard InChI is InChI=1S/C26H28FN9O/c1-4-13(2)21-22-16(10-28)17(29)7-8-18(22)34-23(21)24(25(30)37)33-14(3)15-6-5-9-32-26(15)36-20-12-31-11-19(27)35-20/h5-12,20,28,34-35H,4,29H2,1-3H3,(H2,30,37)(H,32,36)/b21-13+,24-23+,28-10?,33-14?. The van der Waals surface area contributed by atoms with E-state index in [0.717, 1.165) is 22.4 Å². The Kier molecular flexibility index (Phi) is 7.14. The molecule has 0 fully saturated rings. The number of H-pyrrole nitrogens is 1. The van der Waals surface area contributed by atoms with E-state index in [0.29, 0.717) is 45.6 Å². The summed E-state index contributed by atoms with van der Waals surface area (Å²) in [6, 6.07) is 7.02. The van der Waals surface area contributed by atoms with Crippen LogP contribution in [0.1, 0.15) is 38.3 Å². The number of aliphatic imine (C=N–C) groups is 2. The number of hydrogen-bond donors (Lipinski definition) is 6. The molecule has 37 heavy (non-hydrogen) atoms. The average Bonchev–Trinajstić information content (AvgIpc) is 3.26. The zero-order chi connectivity index (χ0) is 26.7. The smallest absolute Gasteiger partial charge is 0.269 e. The fourth-order valence-electron chi connectivity index (χ4n) is 4.18. The highest BCUT2D eigenvalue weighted by Crippen LogP contribution is 2.20. The van der Waals surface area contributed by atoms with Gasteiger partial charge in [-0.15, -0.1) is 0 Å². The maximum absolute atomic E-state index is 13.6. The largest absolute Gasteiger partial charge is 0.398 e. The van der Waals surface area contributed by atoms with Crippen LogP contribution in [0.15, 0.2) is 52.6 Å². The monoisotopic (exact) mass is 501 g/mol. The maximum Gasteiger partial charge on any atom is 0.269 e. The molecule has 0 saturated heterocycles. The van der Waals surface area contributed by atoms with Crippen molar-refractivity contribution in [3.8, 4) is 0 Å². The van der Waals surface area contributed by atoms with Gasteiger partial charge in [-0.25, -0.2) is 9.98 Å². The van der Waals surface area contributed by atoms with Gasteiger partial charge in [0.05, 0.1) is 11.5 Å². The van der Waals surface area contributed by atoms with E-state index < -0.39 is 18.0 Å². The second kappa shape index (κ2) is 10.4. The lowest BCUT2D eigenvalue weighted by molar-refractivity contribution is -0.113. The van der Waals surface area contributed by atoms with E-state index >= 15 is 0 Å². The van der Waals surface area contributed by atoms with Crippen LogP contribution < -0.4 is 32.7 Å². The minimum Gasteiger partial charge on any atom is -0.398 e. The number of amides is 1. The van der Waals surface area contributed by atoms with Gasteiger partial charge in [0.15, 0.2) is 5.70 Å². The fourth-order valence-corrected chi connectivity index (χ4v) is 4.18. The Morgan fingerprint density at radius 2 is 2.11 bits per heavy atom. The van der Waals surface area contributed by atoms with Crippen molar-refractivity contribution in [2.45, 2.75) is 33.4 Å². The summed E-state index contributed by atoms with van der Waals surface area (Å²) in [5, 5.41) is 15.5. The van der Waals surface area contributed by atoms with E-state index in [9.17, 15) is 9.18 Å². The van der Waals surface area contributed by atoms with Crippen molar-refractivity contribution in [2.24, 2.45) is 15.7 Å². The molecule has 10 nitrogen and oxygen atoms in total.